The molecule has 2 rings (SSSR count). The third kappa shape index (κ3) is 4.65. The Hall–Kier alpha value is -0.260. The number of carbonyl (C=O) groups excluding carboxylic acids is 1. The van der Waals surface area contributed by atoms with Gasteiger partial charge in [-0.05, 0) is 32.1 Å². The van der Waals surface area contributed by atoms with Crippen LogP contribution in [0.25, 0.3) is 0 Å². The molecule has 2 fully saturated rings. The van der Waals surface area contributed by atoms with Crippen LogP contribution >= 0.6 is 11.8 Å². The molecule has 0 spiro atoms. The van der Waals surface area contributed by atoms with Crippen LogP contribution in [-0.4, -0.2) is 42.8 Å². The fourth-order valence-electron chi connectivity index (χ4n) is 3.02. The predicted octanol–water partition coefficient (Wildman–Crippen LogP) is 1.75. The van der Waals surface area contributed by atoms with Crippen molar-refractivity contribution >= 4 is 17.7 Å². The summed E-state index contributed by atoms with van der Waals surface area (Å²) in [5.74, 6) is 2.63. The maximum absolute atomic E-state index is 11.9. The van der Waals surface area contributed by atoms with E-state index in [-0.39, 0.29) is 11.9 Å². The number of hydrogen-bond acceptors (Lipinski definition) is 4. The lowest BCUT2D eigenvalue weighted by molar-refractivity contribution is -0.122. The van der Waals surface area contributed by atoms with Gasteiger partial charge in [0.2, 0.25) is 5.91 Å². The molecule has 110 valence electrons. The number of rotatable bonds is 7. The maximum Gasteiger partial charge on any atom is 0.238 e. The Bertz CT molecular complexity index is 277. The van der Waals surface area contributed by atoms with E-state index in [4.69, 9.17) is 4.74 Å². The van der Waals surface area contributed by atoms with E-state index in [2.05, 4.69) is 17.6 Å². The van der Waals surface area contributed by atoms with Gasteiger partial charge in [-0.2, -0.15) is 0 Å². The van der Waals surface area contributed by atoms with Crippen LogP contribution in [0.1, 0.15) is 39.0 Å². The number of carbonyl (C=O) groups is 1. The lowest BCUT2D eigenvalue weighted by Crippen LogP contribution is -2.43. The summed E-state index contributed by atoms with van der Waals surface area (Å²) in [6.07, 6.45) is 6.54. The molecular formula is C14H26N2O2S. The van der Waals surface area contributed by atoms with Gasteiger partial charge in [-0.1, -0.05) is 12.8 Å². The average molecular weight is 286 g/mol. The van der Waals surface area contributed by atoms with E-state index >= 15 is 0 Å². The van der Waals surface area contributed by atoms with E-state index in [0.29, 0.717) is 12.0 Å². The first-order valence-corrected chi connectivity index (χ1v) is 8.67. The molecule has 1 aliphatic carbocycles. The van der Waals surface area contributed by atoms with E-state index < -0.39 is 0 Å². The summed E-state index contributed by atoms with van der Waals surface area (Å²) in [5.41, 5.74) is 0. The van der Waals surface area contributed by atoms with Crippen molar-refractivity contribution in [2.75, 3.05) is 24.8 Å². The third-order valence-electron chi connectivity index (χ3n) is 4.07. The van der Waals surface area contributed by atoms with Crippen molar-refractivity contribution in [3.05, 3.63) is 0 Å². The SMILES string of the molecule is CCOC(CCNC(=O)C1CSCN1)C1CCCC1. The van der Waals surface area contributed by atoms with Crippen LogP contribution in [0.15, 0.2) is 0 Å². The molecule has 2 aliphatic rings. The molecule has 2 unspecified atom stereocenters. The second kappa shape index (κ2) is 8.12. The van der Waals surface area contributed by atoms with E-state index in [1.807, 2.05) is 0 Å². The number of hydrogen-bond donors (Lipinski definition) is 2. The van der Waals surface area contributed by atoms with Crippen molar-refractivity contribution in [1.29, 1.82) is 0 Å². The Labute approximate surface area is 120 Å². The standard InChI is InChI=1S/C14H26N2O2S/c1-2-18-13(11-5-3-4-6-11)7-8-15-14(17)12-9-19-10-16-12/h11-13,16H,2-10H2,1H3,(H,15,17). The number of thioether (sulfide) groups is 1. The predicted molar refractivity (Wildman–Crippen MR) is 79.2 cm³/mol. The second-order valence-corrected chi connectivity index (χ2v) is 6.42. The number of amides is 1. The van der Waals surface area contributed by atoms with Gasteiger partial charge in [0.05, 0.1) is 12.1 Å². The fourth-order valence-corrected chi connectivity index (χ4v) is 3.96. The van der Waals surface area contributed by atoms with Crippen molar-refractivity contribution < 1.29 is 9.53 Å². The van der Waals surface area contributed by atoms with Gasteiger partial charge in [0.15, 0.2) is 0 Å². The van der Waals surface area contributed by atoms with Crippen LogP contribution in [0.5, 0.6) is 0 Å². The van der Waals surface area contributed by atoms with Crippen molar-refractivity contribution in [2.45, 2.75) is 51.2 Å². The highest BCUT2D eigenvalue weighted by atomic mass is 32.2. The first-order valence-electron chi connectivity index (χ1n) is 7.51. The van der Waals surface area contributed by atoms with Crippen molar-refractivity contribution in [2.24, 2.45) is 5.92 Å². The molecule has 0 radical (unpaired) electrons. The maximum atomic E-state index is 11.9. The molecule has 1 heterocycles. The first-order chi connectivity index (χ1) is 9.31. The van der Waals surface area contributed by atoms with E-state index in [1.54, 1.807) is 11.8 Å². The summed E-state index contributed by atoms with van der Waals surface area (Å²) in [5, 5.41) is 6.24. The highest BCUT2D eigenvalue weighted by Crippen LogP contribution is 2.30. The number of ether oxygens (including phenoxy) is 1. The number of nitrogens with one attached hydrogen (secondary N) is 2. The summed E-state index contributed by atoms with van der Waals surface area (Å²) >= 11 is 1.78. The summed E-state index contributed by atoms with van der Waals surface area (Å²) < 4.78 is 5.86. The zero-order chi connectivity index (χ0) is 13.5. The Morgan fingerprint density at radius 3 is 2.89 bits per heavy atom. The Morgan fingerprint density at radius 1 is 1.47 bits per heavy atom. The van der Waals surface area contributed by atoms with Gasteiger partial charge in [0.25, 0.3) is 0 Å². The summed E-state index contributed by atoms with van der Waals surface area (Å²) in [6.45, 7) is 3.57. The molecule has 5 heteroatoms. The van der Waals surface area contributed by atoms with Gasteiger partial charge in [0, 0.05) is 24.8 Å². The van der Waals surface area contributed by atoms with Gasteiger partial charge in [-0.3, -0.25) is 10.1 Å². The van der Waals surface area contributed by atoms with Crippen molar-refractivity contribution in [3.63, 3.8) is 0 Å². The molecule has 1 saturated heterocycles. The van der Waals surface area contributed by atoms with Crippen LogP contribution in [-0.2, 0) is 9.53 Å². The summed E-state index contributed by atoms with van der Waals surface area (Å²) in [6, 6.07) is 0.00187. The summed E-state index contributed by atoms with van der Waals surface area (Å²) in [4.78, 5) is 11.9. The van der Waals surface area contributed by atoms with Gasteiger partial charge >= 0.3 is 0 Å². The zero-order valence-corrected chi connectivity index (χ0v) is 12.6. The third-order valence-corrected chi connectivity index (χ3v) is 5.01. The molecule has 19 heavy (non-hydrogen) atoms. The van der Waals surface area contributed by atoms with Crippen molar-refractivity contribution in [3.8, 4) is 0 Å². The van der Waals surface area contributed by atoms with Gasteiger partial charge in [-0.25, -0.2) is 0 Å². The van der Waals surface area contributed by atoms with Crippen LogP contribution in [0, 0.1) is 5.92 Å². The lowest BCUT2D eigenvalue weighted by atomic mass is 9.98. The highest BCUT2D eigenvalue weighted by molar-refractivity contribution is 7.99. The molecule has 2 atom stereocenters. The van der Waals surface area contributed by atoms with Crippen LogP contribution in [0.2, 0.25) is 0 Å². The monoisotopic (exact) mass is 286 g/mol. The van der Waals surface area contributed by atoms with E-state index in [9.17, 15) is 4.79 Å². The molecule has 0 bridgehead atoms. The first kappa shape index (κ1) is 15.1. The topological polar surface area (TPSA) is 50.4 Å². The Kier molecular flexibility index (Phi) is 6.47. The van der Waals surface area contributed by atoms with Gasteiger partial charge in [0.1, 0.15) is 0 Å². The molecular weight excluding hydrogens is 260 g/mol. The molecule has 4 nitrogen and oxygen atoms in total. The molecule has 0 aromatic rings. The smallest absolute Gasteiger partial charge is 0.238 e. The van der Waals surface area contributed by atoms with Gasteiger partial charge in [-0.15, -0.1) is 11.8 Å². The van der Waals surface area contributed by atoms with Crippen LogP contribution in [0.4, 0.5) is 0 Å². The molecule has 0 aromatic heterocycles. The normalized spacial score (nSPS) is 25.6. The van der Waals surface area contributed by atoms with Crippen LogP contribution in [0.3, 0.4) is 0 Å². The van der Waals surface area contributed by atoms with Crippen LogP contribution < -0.4 is 10.6 Å². The average Bonchev–Trinajstić information content (AvgIpc) is 3.10. The molecule has 1 saturated carbocycles. The van der Waals surface area contributed by atoms with E-state index in [1.165, 1.54) is 25.7 Å². The Morgan fingerprint density at radius 2 is 2.26 bits per heavy atom. The second-order valence-electron chi connectivity index (χ2n) is 5.39. The van der Waals surface area contributed by atoms with E-state index in [0.717, 1.165) is 31.2 Å². The molecule has 2 N–H and O–H groups in total. The summed E-state index contributed by atoms with van der Waals surface area (Å²) in [7, 11) is 0. The molecule has 1 amide bonds. The molecule has 1 aliphatic heterocycles. The minimum Gasteiger partial charge on any atom is -0.378 e. The minimum absolute atomic E-state index is 0.00187. The Balaban J connectivity index is 1.67. The highest BCUT2D eigenvalue weighted by Gasteiger charge is 2.26. The lowest BCUT2D eigenvalue weighted by Gasteiger charge is -2.23. The largest absolute Gasteiger partial charge is 0.378 e. The van der Waals surface area contributed by atoms with Gasteiger partial charge < -0.3 is 10.1 Å². The fraction of sp³-hybridized carbons (Fsp3) is 0.929. The molecule has 0 aromatic carbocycles. The zero-order valence-electron chi connectivity index (χ0n) is 11.8. The van der Waals surface area contributed by atoms with Crippen molar-refractivity contribution in [1.82, 2.24) is 10.6 Å². The minimum atomic E-state index is 0.00187. The quantitative estimate of drug-likeness (QED) is 0.748.